The van der Waals surface area contributed by atoms with Crippen molar-refractivity contribution in [3.63, 3.8) is 0 Å². The van der Waals surface area contributed by atoms with E-state index in [9.17, 15) is 9.59 Å². The number of halogens is 1. The molecule has 0 spiro atoms. The van der Waals surface area contributed by atoms with Gasteiger partial charge in [-0.25, -0.2) is 4.79 Å². The molecule has 2 aromatic carbocycles. The summed E-state index contributed by atoms with van der Waals surface area (Å²) in [6, 6.07) is 12.3. The molecule has 140 valence electrons. The largest absolute Gasteiger partial charge is 0.471 e. The van der Waals surface area contributed by atoms with Gasteiger partial charge in [-0.15, -0.1) is 0 Å². The van der Waals surface area contributed by atoms with Crippen molar-refractivity contribution in [2.24, 2.45) is 0 Å². The molecule has 0 aliphatic rings. The van der Waals surface area contributed by atoms with E-state index in [1.165, 1.54) is 14.0 Å². The molecule has 0 saturated heterocycles. The number of ether oxygens (including phenoxy) is 2. The van der Waals surface area contributed by atoms with Crippen LogP contribution in [0.3, 0.4) is 0 Å². The Kier molecular flexibility index (Phi) is 5.51. The predicted octanol–water partition coefficient (Wildman–Crippen LogP) is 4.62. The zero-order valence-corrected chi connectivity index (χ0v) is 16.0. The van der Waals surface area contributed by atoms with Gasteiger partial charge < -0.3 is 13.9 Å². The van der Waals surface area contributed by atoms with Crippen molar-refractivity contribution >= 4 is 28.5 Å². The third kappa shape index (κ3) is 3.83. The summed E-state index contributed by atoms with van der Waals surface area (Å²) in [6.07, 6.45) is -0.181. The van der Waals surface area contributed by atoms with E-state index in [0.29, 0.717) is 21.6 Å². The maximum Gasteiger partial charge on any atom is 0.346 e. The van der Waals surface area contributed by atoms with Crippen LogP contribution in [0.15, 0.2) is 51.7 Å². The van der Waals surface area contributed by atoms with Gasteiger partial charge in [-0.1, -0.05) is 24.6 Å². The Morgan fingerprint density at radius 1 is 1.19 bits per heavy atom. The second-order valence-electron chi connectivity index (χ2n) is 6.06. The lowest BCUT2D eigenvalue weighted by Crippen LogP contribution is -2.27. The maximum atomic E-state index is 13.1. The third-order valence-corrected chi connectivity index (χ3v) is 4.51. The average Bonchev–Trinajstić information content (AvgIpc) is 2.69. The molecule has 3 rings (SSSR count). The van der Waals surface area contributed by atoms with Crippen molar-refractivity contribution < 1.29 is 18.7 Å². The molecular formula is C21H19ClO5. The zero-order valence-electron chi connectivity index (χ0n) is 15.2. The summed E-state index contributed by atoms with van der Waals surface area (Å²) in [5, 5.41) is 0.957. The highest BCUT2D eigenvalue weighted by Crippen LogP contribution is 2.32. The minimum atomic E-state index is -0.962. The molecular weight excluding hydrogens is 368 g/mol. The normalized spacial score (nSPS) is 12.0. The quantitative estimate of drug-likeness (QED) is 0.599. The first-order chi connectivity index (χ1) is 12.9. The van der Waals surface area contributed by atoms with Gasteiger partial charge in [-0.2, -0.15) is 0 Å². The topological polar surface area (TPSA) is 65.7 Å². The number of fused-ring (bicyclic) bond motifs is 1. The van der Waals surface area contributed by atoms with E-state index in [1.54, 1.807) is 36.4 Å². The van der Waals surface area contributed by atoms with Gasteiger partial charge in [-0.05, 0) is 55.3 Å². The van der Waals surface area contributed by atoms with Crippen LogP contribution in [0.5, 0.6) is 5.75 Å². The Labute approximate surface area is 161 Å². The Hall–Kier alpha value is -2.79. The van der Waals surface area contributed by atoms with Gasteiger partial charge in [0.15, 0.2) is 11.9 Å². The molecule has 1 aromatic heterocycles. The van der Waals surface area contributed by atoms with Gasteiger partial charge in [0.2, 0.25) is 11.2 Å². The van der Waals surface area contributed by atoms with Crippen LogP contribution in [-0.2, 0) is 16.0 Å². The fourth-order valence-corrected chi connectivity index (χ4v) is 2.86. The number of aryl methyl sites for hydroxylation is 1. The van der Waals surface area contributed by atoms with E-state index in [4.69, 9.17) is 25.5 Å². The highest BCUT2D eigenvalue weighted by Gasteiger charge is 2.23. The van der Waals surface area contributed by atoms with Crippen LogP contribution < -0.4 is 10.2 Å². The van der Waals surface area contributed by atoms with Crippen molar-refractivity contribution in [2.75, 3.05) is 7.11 Å². The minimum absolute atomic E-state index is 0.0315. The molecule has 27 heavy (non-hydrogen) atoms. The Balaban J connectivity index is 2.24. The van der Waals surface area contributed by atoms with Crippen molar-refractivity contribution in [3.05, 3.63) is 63.3 Å². The number of carbonyl (C=O) groups excluding carboxylic acids is 1. The molecule has 0 fully saturated rings. The lowest BCUT2D eigenvalue weighted by molar-refractivity contribution is -0.147. The number of rotatable bonds is 5. The molecule has 1 atom stereocenters. The number of benzene rings is 2. The Bertz CT molecular complexity index is 1040. The number of methoxy groups -OCH3 is 1. The molecule has 0 saturated carbocycles. The molecule has 0 N–H and O–H groups in total. The van der Waals surface area contributed by atoms with Crippen LogP contribution in [0.1, 0.15) is 19.4 Å². The number of esters is 1. The molecule has 0 radical (unpaired) electrons. The van der Waals surface area contributed by atoms with E-state index in [0.717, 1.165) is 12.0 Å². The summed E-state index contributed by atoms with van der Waals surface area (Å²) in [5.41, 5.74) is 1.72. The van der Waals surface area contributed by atoms with Gasteiger partial charge in [0.1, 0.15) is 5.58 Å². The van der Waals surface area contributed by atoms with Crippen LogP contribution in [0.25, 0.3) is 22.3 Å². The van der Waals surface area contributed by atoms with E-state index in [1.807, 2.05) is 13.0 Å². The summed E-state index contributed by atoms with van der Waals surface area (Å²) in [6.45, 7) is 3.52. The van der Waals surface area contributed by atoms with Gasteiger partial charge in [0, 0.05) is 10.6 Å². The van der Waals surface area contributed by atoms with E-state index < -0.39 is 12.1 Å². The number of hydrogen-bond donors (Lipinski definition) is 0. The summed E-state index contributed by atoms with van der Waals surface area (Å²) in [7, 11) is 1.26. The second kappa shape index (κ2) is 7.84. The fourth-order valence-electron chi connectivity index (χ4n) is 2.73. The fraction of sp³-hybridized carbons (Fsp3) is 0.238. The van der Waals surface area contributed by atoms with Gasteiger partial charge >= 0.3 is 5.97 Å². The smallest absolute Gasteiger partial charge is 0.346 e. The minimum Gasteiger partial charge on any atom is -0.471 e. The Morgan fingerprint density at radius 2 is 1.89 bits per heavy atom. The highest BCUT2D eigenvalue weighted by atomic mass is 35.5. The Morgan fingerprint density at radius 3 is 2.52 bits per heavy atom. The van der Waals surface area contributed by atoms with Crippen LogP contribution in [0.2, 0.25) is 5.02 Å². The first kappa shape index (κ1) is 19.0. The standard InChI is InChI=1S/C21H19ClO5/c1-4-13-5-10-17-16(11-13)18(23)20(26-12(2)21(24)25-3)19(27-17)14-6-8-15(22)9-7-14/h5-12H,4H2,1-3H3. The third-order valence-electron chi connectivity index (χ3n) is 4.26. The van der Waals surface area contributed by atoms with Gasteiger partial charge in [0.25, 0.3) is 0 Å². The summed E-state index contributed by atoms with van der Waals surface area (Å²) >= 11 is 5.96. The molecule has 5 nitrogen and oxygen atoms in total. The van der Waals surface area contributed by atoms with Crippen LogP contribution in [0, 0.1) is 0 Å². The van der Waals surface area contributed by atoms with Crippen LogP contribution in [-0.4, -0.2) is 19.2 Å². The van der Waals surface area contributed by atoms with Crippen molar-refractivity contribution in [3.8, 4) is 17.1 Å². The zero-order chi connectivity index (χ0) is 19.6. The molecule has 0 amide bonds. The van der Waals surface area contributed by atoms with Crippen molar-refractivity contribution in [2.45, 2.75) is 26.4 Å². The molecule has 0 bridgehead atoms. The van der Waals surface area contributed by atoms with E-state index in [2.05, 4.69) is 0 Å². The van der Waals surface area contributed by atoms with Gasteiger partial charge in [0.05, 0.1) is 12.5 Å². The van der Waals surface area contributed by atoms with Gasteiger partial charge in [-0.3, -0.25) is 4.79 Å². The lowest BCUT2D eigenvalue weighted by Gasteiger charge is -2.15. The lowest BCUT2D eigenvalue weighted by atomic mass is 10.1. The maximum absolute atomic E-state index is 13.1. The van der Waals surface area contributed by atoms with Crippen LogP contribution in [0.4, 0.5) is 0 Å². The molecule has 1 unspecified atom stereocenters. The first-order valence-corrected chi connectivity index (χ1v) is 8.92. The highest BCUT2D eigenvalue weighted by molar-refractivity contribution is 6.30. The summed E-state index contributed by atoms with van der Waals surface area (Å²) < 4.78 is 16.4. The van der Waals surface area contributed by atoms with E-state index in [-0.39, 0.29) is 16.9 Å². The monoisotopic (exact) mass is 386 g/mol. The molecule has 0 aliphatic carbocycles. The number of carbonyl (C=O) groups is 1. The first-order valence-electron chi connectivity index (χ1n) is 8.54. The SMILES string of the molecule is CCc1ccc2oc(-c3ccc(Cl)cc3)c(OC(C)C(=O)OC)c(=O)c2c1. The van der Waals surface area contributed by atoms with Crippen molar-refractivity contribution in [1.29, 1.82) is 0 Å². The second-order valence-corrected chi connectivity index (χ2v) is 6.50. The molecule has 0 aliphatic heterocycles. The van der Waals surface area contributed by atoms with Crippen molar-refractivity contribution in [1.82, 2.24) is 0 Å². The van der Waals surface area contributed by atoms with E-state index >= 15 is 0 Å². The molecule has 6 heteroatoms. The summed E-state index contributed by atoms with van der Waals surface area (Å²) in [5.74, 6) is -0.376. The summed E-state index contributed by atoms with van der Waals surface area (Å²) in [4.78, 5) is 24.9. The van der Waals surface area contributed by atoms with Crippen LogP contribution >= 0.6 is 11.6 Å². The average molecular weight is 387 g/mol. The predicted molar refractivity (Wildman–Crippen MR) is 104 cm³/mol. The molecule has 3 aromatic rings. The number of hydrogen-bond acceptors (Lipinski definition) is 5. The molecule has 1 heterocycles.